The lowest BCUT2D eigenvalue weighted by atomic mass is 10.3. The summed E-state index contributed by atoms with van der Waals surface area (Å²) in [6.07, 6.45) is 4.69. The van der Waals surface area contributed by atoms with Crippen LogP contribution in [0.1, 0.15) is 40.3 Å². The highest BCUT2D eigenvalue weighted by Crippen LogP contribution is 2.45. The second kappa shape index (κ2) is 4.31. The Hall–Kier alpha value is -0.363. The van der Waals surface area contributed by atoms with Crippen LogP contribution < -0.4 is 4.57 Å². The molecule has 3 heterocycles. The molecule has 3 rings (SSSR count). The van der Waals surface area contributed by atoms with Crippen molar-refractivity contribution in [1.29, 1.82) is 0 Å². The van der Waals surface area contributed by atoms with Crippen LogP contribution in [0.5, 0.6) is 0 Å². The third kappa shape index (κ3) is 1.50. The van der Waals surface area contributed by atoms with Gasteiger partial charge in [-0.05, 0) is 52.7 Å². The Morgan fingerprint density at radius 2 is 1.89 bits per heavy atom. The van der Waals surface area contributed by atoms with E-state index in [9.17, 15) is 0 Å². The predicted molar refractivity (Wildman–Crippen MR) is 90.9 cm³/mol. The molecule has 0 N–H and O–H groups in total. The molecule has 4 heteroatoms. The Kier molecular flexibility index (Phi) is 3.09. The summed E-state index contributed by atoms with van der Waals surface area (Å²) in [6.45, 7) is 12.1. The number of hydrogen-bond acceptors (Lipinski definition) is 0. The van der Waals surface area contributed by atoms with Gasteiger partial charge in [0.25, 0.3) is 5.65 Å². The van der Waals surface area contributed by atoms with E-state index in [0.29, 0.717) is 5.67 Å². The lowest BCUT2D eigenvalue weighted by molar-refractivity contribution is -0.673. The van der Waals surface area contributed by atoms with Crippen molar-refractivity contribution in [3.8, 4) is 0 Å². The zero-order valence-corrected chi connectivity index (χ0v) is 15.5. The molecule has 19 heavy (non-hydrogen) atoms. The van der Waals surface area contributed by atoms with Gasteiger partial charge in [-0.3, -0.25) is 4.23 Å². The summed E-state index contributed by atoms with van der Waals surface area (Å²) in [4.78, 5) is 0. The minimum atomic E-state index is -1.60. The van der Waals surface area contributed by atoms with E-state index in [1.807, 2.05) is 0 Å². The summed E-state index contributed by atoms with van der Waals surface area (Å²) in [5.41, 5.74) is 3.58. The second-order valence-corrected chi connectivity index (χ2v) is 12.9. The van der Waals surface area contributed by atoms with Crippen molar-refractivity contribution in [2.45, 2.75) is 51.4 Å². The molecule has 0 spiro atoms. The van der Waals surface area contributed by atoms with Gasteiger partial charge in [0.2, 0.25) is 0 Å². The molecule has 1 atom stereocenters. The molecule has 0 saturated heterocycles. The van der Waals surface area contributed by atoms with Crippen molar-refractivity contribution in [3.63, 3.8) is 0 Å². The van der Waals surface area contributed by atoms with Crippen LogP contribution in [0.3, 0.4) is 0 Å². The molecule has 0 aliphatic carbocycles. The average Bonchev–Trinajstić information content (AvgIpc) is 2.79. The third-order valence-corrected chi connectivity index (χ3v) is 12.4. The normalized spacial score (nSPS) is 20.9. The van der Waals surface area contributed by atoms with Gasteiger partial charge in [-0.1, -0.05) is 27.7 Å². The summed E-state index contributed by atoms with van der Waals surface area (Å²) in [5.74, 6) is 0. The van der Waals surface area contributed by atoms with Crippen LogP contribution in [0.25, 0.3) is 11.0 Å². The average molecular weight is 385 g/mol. The molecule has 0 radical (unpaired) electrons. The largest absolute Gasteiger partial charge is 0.315 e. The summed E-state index contributed by atoms with van der Waals surface area (Å²) in [6, 6.07) is 4.47. The van der Waals surface area contributed by atoms with Crippen molar-refractivity contribution in [2.24, 2.45) is 0 Å². The molecule has 0 aromatic carbocycles. The number of nitrogens with zero attached hydrogens (tertiary/aromatic N) is 2. The molecular weight excluding hydrogens is 363 g/mol. The van der Waals surface area contributed by atoms with Crippen molar-refractivity contribution < 1.29 is 4.57 Å². The molecule has 0 bridgehead atoms. The summed E-state index contributed by atoms with van der Waals surface area (Å²) < 4.78 is 6.63. The minimum Gasteiger partial charge on any atom is -0.278 e. The van der Waals surface area contributed by atoms with Crippen molar-refractivity contribution >= 4 is 41.9 Å². The highest BCUT2D eigenvalue weighted by Gasteiger charge is 2.60. The quantitative estimate of drug-likeness (QED) is 0.415. The Balaban J connectivity index is 2.42. The molecule has 0 amide bonds. The number of halogens is 1. The van der Waals surface area contributed by atoms with Gasteiger partial charge in [0.15, 0.2) is 0 Å². The second-order valence-electron chi connectivity index (χ2n) is 6.37. The lowest BCUT2D eigenvalue weighted by Crippen LogP contribution is -2.56. The molecule has 0 fully saturated rings. The zero-order chi connectivity index (χ0) is 13.9. The van der Waals surface area contributed by atoms with E-state index in [-0.39, 0.29) is 0 Å². The van der Waals surface area contributed by atoms with Gasteiger partial charge in [0, 0.05) is 0 Å². The monoisotopic (exact) mass is 385 g/mol. The van der Waals surface area contributed by atoms with Crippen LogP contribution >= 0.6 is 22.6 Å². The maximum absolute atomic E-state index is 2.70. The van der Waals surface area contributed by atoms with E-state index < -0.39 is 8.24 Å². The van der Waals surface area contributed by atoms with Gasteiger partial charge in [-0.25, -0.2) is 4.57 Å². The van der Waals surface area contributed by atoms with Crippen LogP contribution in [-0.4, -0.2) is 12.5 Å². The number of hydrogen-bond donors (Lipinski definition) is 0. The topological polar surface area (TPSA) is 8.81 Å². The van der Waals surface area contributed by atoms with Crippen LogP contribution in [0, 0.1) is 3.57 Å². The Labute approximate surface area is 130 Å². The van der Waals surface area contributed by atoms with E-state index in [2.05, 4.69) is 90.5 Å². The highest BCUT2D eigenvalue weighted by atomic mass is 127. The molecule has 2 aromatic heterocycles. The first-order valence-electron chi connectivity index (χ1n) is 7.13. The Morgan fingerprint density at radius 1 is 1.26 bits per heavy atom. The molecule has 2 nitrogen and oxygen atoms in total. The smallest absolute Gasteiger partial charge is 0.278 e. The van der Waals surface area contributed by atoms with Gasteiger partial charge in [-0.2, -0.15) is 0 Å². The molecule has 102 valence electrons. The van der Waals surface area contributed by atoms with Gasteiger partial charge < -0.3 is 0 Å². The fraction of sp³-hybridized carbons (Fsp3) is 0.533. The van der Waals surface area contributed by atoms with Crippen molar-refractivity contribution in [3.05, 3.63) is 28.1 Å². The zero-order valence-electron chi connectivity index (χ0n) is 12.3. The first kappa shape index (κ1) is 13.6. The molecule has 0 saturated carbocycles. The van der Waals surface area contributed by atoms with Gasteiger partial charge >= 0.3 is 8.24 Å². The van der Waals surface area contributed by atoms with Crippen LogP contribution in [-0.2, 0) is 0 Å². The number of pyridine rings is 1. The molecule has 1 aliphatic heterocycles. The SMILES string of the molecule is CC(C)[Si]1(C(C)C)C(C)[n+]2cccc3c(I)cn1c32. The number of rotatable bonds is 2. The predicted octanol–water partition coefficient (Wildman–Crippen LogP) is 4.26. The lowest BCUT2D eigenvalue weighted by Gasteiger charge is -2.33. The summed E-state index contributed by atoms with van der Waals surface area (Å²) in [7, 11) is -1.60. The molecule has 1 unspecified atom stereocenters. The molecular formula is C15H22IN2Si+. The van der Waals surface area contributed by atoms with E-state index in [1.54, 1.807) is 0 Å². The fourth-order valence-corrected chi connectivity index (χ4v) is 11.8. The van der Waals surface area contributed by atoms with Crippen molar-refractivity contribution in [2.75, 3.05) is 0 Å². The van der Waals surface area contributed by atoms with E-state index in [4.69, 9.17) is 0 Å². The van der Waals surface area contributed by atoms with Crippen LogP contribution in [0.15, 0.2) is 24.5 Å². The van der Waals surface area contributed by atoms with E-state index in [0.717, 1.165) is 11.1 Å². The Bertz CT molecular complexity index is 637. The minimum absolute atomic E-state index is 0.642. The standard InChI is InChI=1S/C15H22IN2Si/c1-10(2)19(11(3)4)12(5)17-8-6-7-13-14(16)9-18(19)15(13)17/h6-12H,1-5H3/q+1. The third-order valence-electron chi connectivity index (χ3n) is 5.08. The maximum Gasteiger partial charge on any atom is 0.315 e. The molecule has 2 aromatic rings. The molecule has 1 aliphatic rings. The first-order valence-corrected chi connectivity index (χ1v) is 10.4. The van der Waals surface area contributed by atoms with Gasteiger partial charge in [-0.15, -0.1) is 0 Å². The highest BCUT2D eigenvalue weighted by molar-refractivity contribution is 14.1. The van der Waals surface area contributed by atoms with Gasteiger partial charge in [0.1, 0.15) is 5.67 Å². The fourth-order valence-electron chi connectivity index (χ4n) is 4.42. The summed E-state index contributed by atoms with van der Waals surface area (Å²) in [5, 5.41) is 1.42. The maximum atomic E-state index is 2.70. The van der Waals surface area contributed by atoms with Crippen molar-refractivity contribution in [1.82, 2.24) is 4.23 Å². The van der Waals surface area contributed by atoms with E-state index in [1.165, 1.54) is 14.6 Å². The first-order chi connectivity index (χ1) is 8.92. The Morgan fingerprint density at radius 3 is 2.47 bits per heavy atom. The van der Waals surface area contributed by atoms with Crippen LogP contribution in [0.4, 0.5) is 0 Å². The van der Waals surface area contributed by atoms with E-state index >= 15 is 0 Å². The van der Waals surface area contributed by atoms with Crippen LogP contribution in [0.2, 0.25) is 11.1 Å². The number of aromatic nitrogens is 2. The van der Waals surface area contributed by atoms with Gasteiger partial charge in [0.05, 0.1) is 21.4 Å². The summed E-state index contributed by atoms with van der Waals surface area (Å²) >= 11 is 2.49.